The first-order valence-electron chi connectivity index (χ1n) is 7.90. The van der Waals surface area contributed by atoms with E-state index < -0.39 is 0 Å². The van der Waals surface area contributed by atoms with Crippen LogP contribution in [0.3, 0.4) is 0 Å². The van der Waals surface area contributed by atoms with Gasteiger partial charge < -0.3 is 15.5 Å². The largest absolute Gasteiger partial charge is 0.357 e. The molecule has 0 bridgehead atoms. The number of likely N-dealkylation sites (N-methyl/N-ethyl adjacent to an activating group) is 1. The fourth-order valence-corrected chi connectivity index (χ4v) is 2.49. The van der Waals surface area contributed by atoms with Gasteiger partial charge in [-0.1, -0.05) is 13.8 Å². The monoisotopic (exact) mass is 453 g/mol. The van der Waals surface area contributed by atoms with Crippen LogP contribution in [0.5, 0.6) is 0 Å². The Hall–Kier alpha value is -0.410. The molecule has 0 atom stereocenters. The molecule has 1 heterocycles. The number of aromatic nitrogens is 1. The Balaban J connectivity index is 0.00000484. The molecule has 0 amide bonds. The van der Waals surface area contributed by atoms with Crippen LogP contribution in [0.1, 0.15) is 51.2 Å². The molecule has 0 radical (unpaired) electrons. The molecular weight excluding hydrogens is 421 g/mol. The number of aliphatic imine (C=N–C) groups is 1. The van der Waals surface area contributed by atoms with Gasteiger partial charge in [-0.15, -0.1) is 35.3 Å². The molecule has 0 aliphatic carbocycles. The number of guanidine groups is 1. The van der Waals surface area contributed by atoms with Crippen LogP contribution in [0, 0.1) is 0 Å². The minimum Gasteiger partial charge on any atom is -0.357 e. The van der Waals surface area contributed by atoms with Crippen molar-refractivity contribution >= 4 is 41.3 Å². The summed E-state index contributed by atoms with van der Waals surface area (Å²) in [7, 11) is 4.18. The van der Waals surface area contributed by atoms with E-state index in [0.717, 1.165) is 29.8 Å². The number of hydrogen-bond donors (Lipinski definition) is 2. The Bertz CT molecular complexity index is 483. The quantitative estimate of drug-likeness (QED) is 0.378. The summed E-state index contributed by atoms with van der Waals surface area (Å²) in [5.41, 5.74) is 1.23. The summed E-state index contributed by atoms with van der Waals surface area (Å²) in [5.74, 6) is 1.32. The van der Waals surface area contributed by atoms with Crippen molar-refractivity contribution in [2.45, 2.75) is 52.6 Å². The van der Waals surface area contributed by atoms with Crippen molar-refractivity contribution in [3.05, 3.63) is 16.1 Å². The van der Waals surface area contributed by atoms with Gasteiger partial charge in [0.25, 0.3) is 0 Å². The maximum absolute atomic E-state index is 4.64. The third kappa shape index (κ3) is 7.80. The molecule has 0 aliphatic heterocycles. The molecule has 0 saturated carbocycles. The summed E-state index contributed by atoms with van der Waals surface area (Å²) in [6, 6.07) is 0. The van der Waals surface area contributed by atoms with E-state index >= 15 is 0 Å². The first kappa shape index (κ1) is 22.6. The van der Waals surface area contributed by atoms with Gasteiger partial charge in [0, 0.05) is 24.0 Å². The van der Waals surface area contributed by atoms with Gasteiger partial charge in [-0.2, -0.15) is 0 Å². The molecule has 0 unspecified atom stereocenters. The van der Waals surface area contributed by atoms with Crippen molar-refractivity contribution in [3.8, 4) is 0 Å². The number of nitrogens with zero attached hydrogens (tertiary/aromatic N) is 3. The van der Waals surface area contributed by atoms with Gasteiger partial charge in [-0.05, 0) is 40.8 Å². The molecule has 5 nitrogen and oxygen atoms in total. The Morgan fingerprint density at radius 3 is 2.48 bits per heavy atom. The van der Waals surface area contributed by atoms with Crippen molar-refractivity contribution in [2.24, 2.45) is 4.99 Å². The molecular formula is C16H32IN5S. The van der Waals surface area contributed by atoms with Crippen molar-refractivity contribution in [1.82, 2.24) is 20.5 Å². The molecule has 0 saturated heterocycles. The third-order valence-corrected chi connectivity index (χ3v) is 4.63. The molecule has 7 heteroatoms. The Morgan fingerprint density at radius 2 is 2.00 bits per heavy atom. The number of hydrogen-bond acceptors (Lipinski definition) is 4. The van der Waals surface area contributed by atoms with Crippen LogP contribution >= 0.6 is 35.3 Å². The maximum atomic E-state index is 4.64. The van der Waals surface area contributed by atoms with E-state index in [1.165, 1.54) is 0 Å². The van der Waals surface area contributed by atoms with Crippen molar-refractivity contribution in [3.63, 3.8) is 0 Å². The van der Waals surface area contributed by atoms with Crippen LogP contribution in [0.15, 0.2) is 10.4 Å². The highest BCUT2D eigenvalue weighted by molar-refractivity contribution is 14.0. The van der Waals surface area contributed by atoms with Crippen LogP contribution in [0.4, 0.5) is 0 Å². The molecule has 0 spiro atoms. The second-order valence-corrected chi connectivity index (χ2v) is 7.52. The van der Waals surface area contributed by atoms with Gasteiger partial charge in [0.05, 0.1) is 12.2 Å². The lowest BCUT2D eigenvalue weighted by Gasteiger charge is -2.33. The van der Waals surface area contributed by atoms with Crippen molar-refractivity contribution in [1.29, 1.82) is 0 Å². The van der Waals surface area contributed by atoms with Crippen molar-refractivity contribution < 1.29 is 0 Å². The summed E-state index contributed by atoms with van der Waals surface area (Å²) in [6.45, 7) is 13.1. The lowest BCUT2D eigenvalue weighted by atomic mass is 10.0. The number of halogens is 1. The summed E-state index contributed by atoms with van der Waals surface area (Å²) in [4.78, 5) is 11.5. The van der Waals surface area contributed by atoms with Gasteiger partial charge in [0.2, 0.25) is 0 Å². The summed E-state index contributed by atoms with van der Waals surface area (Å²) < 4.78 is 0. The fraction of sp³-hybridized carbons (Fsp3) is 0.750. The predicted octanol–water partition coefficient (Wildman–Crippen LogP) is 3.28. The lowest BCUT2D eigenvalue weighted by Crippen LogP contribution is -2.50. The number of thiazole rings is 1. The fourth-order valence-electron chi connectivity index (χ4n) is 1.61. The predicted molar refractivity (Wildman–Crippen MR) is 112 cm³/mol. The van der Waals surface area contributed by atoms with Gasteiger partial charge in [-0.25, -0.2) is 9.98 Å². The van der Waals surface area contributed by atoms with Gasteiger partial charge in [-0.3, -0.25) is 0 Å². The zero-order chi connectivity index (χ0) is 16.8. The summed E-state index contributed by atoms with van der Waals surface area (Å²) >= 11 is 1.68. The van der Waals surface area contributed by atoms with E-state index in [-0.39, 0.29) is 29.5 Å². The molecule has 23 heavy (non-hydrogen) atoms. The van der Waals surface area contributed by atoms with E-state index in [4.69, 9.17) is 0 Å². The second kappa shape index (κ2) is 10.5. The molecule has 1 aromatic heterocycles. The van der Waals surface area contributed by atoms with Crippen LogP contribution < -0.4 is 10.6 Å². The van der Waals surface area contributed by atoms with Crippen LogP contribution in [-0.4, -0.2) is 48.6 Å². The zero-order valence-electron chi connectivity index (χ0n) is 15.4. The highest BCUT2D eigenvalue weighted by Crippen LogP contribution is 2.18. The smallest absolute Gasteiger partial charge is 0.191 e. The third-order valence-electron chi connectivity index (χ3n) is 3.78. The minimum absolute atomic E-state index is 0. The average molecular weight is 453 g/mol. The van der Waals surface area contributed by atoms with Gasteiger partial charge in [0.15, 0.2) is 5.96 Å². The van der Waals surface area contributed by atoms with Crippen LogP contribution in [0.25, 0.3) is 0 Å². The average Bonchev–Trinajstić information content (AvgIpc) is 2.91. The van der Waals surface area contributed by atoms with Gasteiger partial charge in [0.1, 0.15) is 5.01 Å². The summed E-state index contributed by atoms with van der Waals surface area (Å²) in [5, 5.41) is 9.90. The maximum Gasteiger partial charge on any atom is 0.191 e. The van der Waals surface area contributed by atoms with E-state index in [1.54, 1.807) is 11.3 Å². The zero-order valence-corrected chi connectivity index (χ0v) is 18.6. The Morgan fingerprint density at radius 1 is 1.35 bits per heavy atom. The van der Waals surface area contributed by atoms with E-state index in [1.807, 2.05) is 0 Å². The Labute approximate surface area is 162 Å². The standard InChI is InChI=1S/C16H31N5S.HI/c1-8-17-15(19-11-16(4,5)21(6)7)18-9-14-20-13(10-22-14)12(2)3;/h10,12H,8-9,11H2,1-7H3,(H2,17,18,19);1H. The van der Waals surface area contributed by atoms with Crippen LogP contribution in [-0.2, 0) is 6.54 Å². The molecule has 134 valence electrons. The number of nitrogens with one attached hydrogen (secondary N) is 2. The Kier molecular flexibility index (Phi) is 10.3. The normalized spacial score (nSPS) is 12.5. The van der Waals surface area contributed by atoms with E-state index in [0.29, 0.717) is 12.5 Å². The molecule has 0 aromatic carbocycles. The SMILES string of the molecule is CCNC(=NCc1nc(C(C)C)cs1)NCC(C)(C)N(C)C.I. The molecule has 0 fully saturated rings. The van der Waals surface area contributed by atoms with Crippen molar-refractivity contribution in [2.75, 3.05) is 27.2 Å². The highest BCUT2D eigenvalue weighted by atomic mass is 127. The molecule has 1 aromatic rings. The molecule has 1 rings (SSSR count). The van der Waals surface area contributed by atoms with E-state index in [9.17, 15) is 0 Å². The second-order valence-electron chi connectivity index (χ2n) is 6.58. The first-order chi connectivity index (χ1) is 10.3. The topological polar surface area (TPSA) is 52.6 Å². The first-order valence-corrected chi connectivity index (χ1v) is 8.78. The molecule has 2 N–H and O–H groups in total. The highest BCUT2D eigenvalue weighted by Gasteiger charge is 2.20. The number of rotatable bonds is 7. The van der Waals surface area contributed by atoms with E-state index in [2.05, 4.69) is 79.6 Å². The van der Waals surface area contributed by atoms with Gasteiger partial charge >= 0.3 is 0 Å². The van der Waals surface area contributed by atoms with Crippen LogP contribution in [0.2, 0.25) is 0 Å². The summed E-state index contributed by atoms with van der Waals surface area (Å²) in [6.07, 6.45) is 0. The molecule has 0 aliphatic rings. The lowest BCUT2D eigenvalue weighted by molar-refractivity contribution is 0.197. The minimum atomic E-state index is 0.